The summed E-state index contributed by atoms with van der Waals surface area (Å²) in [6.45, 7) is 10.3. The first-order valence-electron chi connectivity index (χ1n) is 5.32. The molecule has 0 rings (SSSR count). The molecule has 0 aliphatic carbocycles. The number of rotatable bonds is 7. The summed E-state index contributed by atoms with van der Waals surface area (Å²) in [7, 11) is 2.09. The van der Waals surface area contributed by atoms with Crippen molar-refractivity contribution in [2.75, 3.05) is 20.1 Å². The molecular weight excluding hydrogens is 172 g/mol. The van der Waals surface area contributed by atoms with Crippen LogP contribution in [0.5, 0.6) is 0 Å². The molecule has 1 unspecified atom stereocenters. The van der Waals surface area contributed by atoms with Crippen molar-refractivity contribution in [1.82, 2.24) is 4.90 Å². The van der Waals surface area contributed by atoms with Gasteiger partial charge in [0.05, 0.1) is 12.5 Å². The maximum absolute atomic E-state index is 8.49. The lowest BCUT2D eigenvalue weighted by Gasteiger charge is -2.21. The van der Waals surface area contributed by atoms with Crippen molar-refractivity contribution in [2.45, 2.75) is 33.1 Å². The predicted molar refractivity (Wildman–Crippen MR) is 60.9 cm³/mol. The second-order valence-corrected chi connectivity index (χ2v) is 4.18. The molecule has 2 heteroatoms. The molecule has 0 N–H and O–H groups in total. The largest absolute Gasteiger partial charge is 0.302 e. The Kier molecular flexibility index (Phi) is 7.14. The Morgan fingerprint density at radius 3 is 2.71 bits per heavy atom. The van der Waals surface area contributed by atoms with Gasteiger partial charge >= 0.3 is 0 Å². The van der Waals surface area contributed by atoms with Crippen LogP contribution in [0.3, 0.4) is 0 Å². The third-order valence-corrected chi connectivity index (χ3v) is 2.23. The van der Waals surface area contributed by atoms with Crippen LogP contribution in [-0.2, 0) is 0 Å². The van der Waals surface area contributed by atoms with Gasteiger partial charge in [-0.3, -0.25) is 0 Å². The SMILES string of the molecule is C=C(CC#N)CN(C)CC(C)CCC. The minimum absolute atomic E-state index is 0.479. The topological polar surface area (TPSA) is 27.0 Å². The van der Waals surface area contributed by atoms with Gasteiger partial charge in [-0.25, -0.2) is 0 Å². The van der Waals surface area contributed by atoms with E-state index in [1.165, 1.54) is 12.8 Å². The summed E-state index contributed by atoms with van der Waals surface area (Å²) in [6.07, 6.45) is 3.00. The lowest BCUT2D eigenvalue weighted by atomic mass is 10.1. The van der Waals surface area contributed by atoms with Crippen LogP contribution >= 0.6 is 0 Å². The van der Waals surface area contributed by atoms with Crippen molar-refractivity contribution in [3.8, 4) is 6.07 Å². The molecule has 0 heterocycles. The molecule has 0 aromatic carbocycles. The number of hydrogen-bond donors (Lipinski definition) is 0. The zero-order valence-corrected chi connectivity index (χ0v) is 9.71. The number of hydrogen-bond acceptors (Lipinski definition) is 2. The monoisotopic (exact) mass is 194 g/mol. The van der Waals surface area contributed by atoms with Crippen molar-refractivity contribution in [1.29, 1.82) is 5.26 Å². The van der Waals surface area contributed by atoms with Gasteiger partial charge in [-0.15, -0.1) is 0 Å². The summed E-state index contributed by atoms with van der Waals surface area (Å²) >= 11 is 0. The summed E-state index contributed by atoms with van der Waals surface area (Å²) in [5.74, 6) is 0.736. The summed E-state index contributed by atoms with van der Waals surface area (Å²) in [5.41, 5.74) is 1.01. The molecule has 0 aliphatic heterocycles. The van der Waals surface area contributed by atoms with E-state index in [1.807, 2.05) is 0 Å². The van der Waals surface area contributed by atoms with Gasteiger partial charge in [0, 0.05) is 13.1 Å². The first-order valence-corrected chi connectivity index (χ1v) is 5.32. The molecule has 80 valence electrons. The van der Waals surface area contributed by atoms with Gasteiger partial charge < -0.3 is 4.90 Å². The highest BCUT2D eigenvalue weighted by atomic mass is 15.1. The van der Waals surface area contributed by atoms with E-state index in [4.69, 9.17) is 5.26 Å². The fourth-order valence-corrected chi connectivity index (χ4v) is 1.73. The molecular formula is C12H22N2. The lowest BCUT2D eigenvalue weighted by molar-refractivity contribution is 0.295. The van der Waals surface area contributed by atoms with Crippen molar-refractivity contribution < 1.29 is 0 Å². The van der Waals surface area contributed by atoms with Crippen LogP contribution in [0.2, 0.25) is 0 Å². The summed E-state index contributed by atoms with van der Waals surface area (Å²) < 4.78 is 0. The van der Waals surface area contributed by atoms with Crippen molar-refractivity contribution in [2.24, 2.45) is 5.92 Å². The van der Waals surface area contributed by atoms with Crippen molar-refractivity contribution >= 4 is 0 Å². The van der Waals surface area contributed by atoms with Crippen LogP contribution in [-0.4, -0.2) is 25.0 Å². The maximum atomic E-state index is 8.49. The normalized spacial score (nSPS) is 12.5. The molecule has 0 saturated carbocycles. The molecule has 0 bridgehead atoms. The minimum atomic E-state index is 0.479. The van der Waals surface area contributed by atoms with Gasteiger partial charge in [0.25, 0.3) is 0 Å². The average Bonchev–Trinajstić information content (AvgIpc) is 2.03. The molecule has 14 heavy (non-hydrogen) atoms. The molecule has 0 aromatic rings. The lowest BCUT2D eigenvalue weighted by Crippen LogP contribution is -2.26. The van der Waals surface area contributed by atoms with Crippen LogP contribution in [0.1, 0.15) is 33.1 Å². The van der Waals surface area contributed by atoms with Gasteiger partial charge in [0.15, 0.2) is 0 Å². The Morgan fingerprint density at radius 2 is 2.21 bits per heavy atom. The zero-order valence-electron chi connectivity index (χ0n) is 9.71. The molecule has 0 aromatic heterocycles. The van der Waals surface area contributed by atoms with Crippen LogP contribution in [0.15, 0.2) is 12.2 Å². The zero-order chi connectivity index (χ0) is 11.0. The second-order valence-electron chi connectivity index (χ2n) is 4.18. The highest BCUT2D eigenvalue weighted by molar-refractivity contribution is 5.03. The molecule has 0 saturated heterocycles. The van der Waals surface area contributed by atoms with E-state index in [0.717, 1.165) is 24.6 Å². The fourth-order valence-electron chi connectivity index (χ4n) is 1.73. The molecule has 0 spiro atoms. The van der Waals surface area contributed by atoms with Gasteiger partial charge in [-0.2, -0.15) is 5.26 Å². The van der Waals surface area contributed by atoms with Crippen molar-refractivity contribution in [3.05, 3.63) is 12.2 Å². The first kappa shape index (κ1) is 13.2. The molecule has 1 atom stereocenters. The number of nitriles is 1. The Balaban J connectivity index is 3.69. The molecule has 0 amide bonds. The van der Waals surface area contributed by atoms with Crippen LogP contribution in [0.25, 0.3) is 0 Å². The summed E-state index contributed by atoms with van der Waals surface area (Å²) in [5, 5.41) is 8.49. The third kappa shape index (κ3) is 6.68. The Labute approximate surface area is 88.2 Å². The predicted octanol–water partition coefficient (Wildman–Crippen LogP) is 2.82. The minimum Gasteiger partial charge on any atom is -0.302 e. The number of likely N-dealkylation sites (N-methyl/N-ethyl adjacent to an activating group) is 1. The fraction of sp³-hybridized carbons (Fsp3) is 0.750. The molecule has 0 fully saturated rings. The van der Waals surface area contributed by atoms with Gasteiger partial charge in [0.2, 0.25) is 0 Å². The van der Waals surface area contributed by atoms with E-state index >= 15 is 0 Å². The quantitative estimate of drug-likeness (QED) is 0.583. The van der Waals surface area contributed by atoms with Gasteiger partial charge in [-0.05, 0) is 25.0 Å². The maximum Gasteiger partial charge on any atom is 0.0666 e. The third-order valence-electron chi connectivity index (χ3n) is 2.23. The standard InChI is InChI=1S/C12H22N2/c1-5-6-11(2)9-14(4)10-12(3)7-8-13/h11H,3,5-7,9-10H2,1-2,4H3. The van der Waals surface area contributed by atoms with E-state index in [0.29, 0.717) is 6.42 Å². The Hall–Kier alpha value is -0.810. The average molecular weight is 194 g/mol. The summed E-state index contributed by atoms with van der Waals surface area (Å²) in [4.78, 5) is 2.25. The van der Waals surface area contributed by atoms with E-state index in [2.05, 4.69) is 38.4 Å². The second kappa shape index (κ2) is 7.58. The van der Waals surface area contributed by atoms with Gasteiger partial charge in [0.1, 0.15) is 0 Å². The number of nitrogens with zero attached hydrogens (tertiary/aromatic N) is 2. The van der Waals surface area contributed by atoms with Crippen molar-refractivity contribution in [3.63, 3.8) is 0 Å². The highest BCUT2D eigenvalue weighted by Crippen LogP contribution is 2.08. The Bertz CT molecular complexity index is 203. The van der Waals surface area contributed by atoms with E-state index < -0.39 is 0 Å². The molecule has 2 nitrogen and oxygen atoms in total. The van der Waals surface area contributed by atoms with Crippen LogP contribution in [0, 0.1) is 17.2 Å². The smallest absolute Gasteiger partial charge is 0.0666 e. The Morgan fingerprint density at radius 1 is 1.57 bits per heavy atom. The van der Waals surface area contributed by atoms with Gasteiger partial charge in [-0.1, -0.05) is 26.8 Å². The highest BCUT2D eigenvalue weighted by Gasteiger charge is 2.06. The van der Waals surface area contributed by atoms with E-state index in [9.17, 15) is 0 Å². The van der Waals surface area contributed by atoms with E-state index in [1.54, 1.807) is 0 Å². The van der Waals surface area contributed by atoms with Crippen LogP contribution < -0.4 is 0 Å². The van der Waals surface area contributed by atoms with Crippen LogP contribution in [0.4, 0.5) is 0 Å². The van der Waals surface area contributed by atoms with E-state index in [-0.39, 0.29) is 0 Å². The molecule has 0 radical (unpaired) electrons. The first-order chi connectivity index (χ1) is 6.60. The summed E-state index contributed by atoms with van der Waals surface area (Å²) in [6, 6.07) is 2.13. The molecule has 0 aliphatic rings.